The van der Waals surface area contributed by atoms with Crippen LogP contribution in [0.5, 0.6) is 5.75 Å². The molecule has 0 saturated carbocycles. The molecule has 0 aliphatic rings. The number of ether oxygens (including phenoxy) is 2. The molecule has 0 radical (unpaired) electrons. The number of nitrogens with one attached hydrogen (secondary N) is 1. The molecule has 0 spiro atoms. The molecular weight excluding hydrogens is 209 g/mol. The van der Waals surface area contributed by atoms with Gasteiger partial charge in [-0.15, -0.1) is 0 Å². The summed E-state index contributed by atoms with van der Waals surface area (Å²) in [6, 6.07) is 4.86. The first kappa shape index (κ1) is 12.9. The van der Waals surface area contributed by atoms with E-state index in [4.69, 9.17) is 9.47 Å². The van der Waals surface area contributed by atoms with Crippen LogP contribution in [0.4, 0.5) is 4.39 Å². The molecule has 1 N–H and O–H groups in total. The second kappa shape index (κ2) is 6.45. The van der Waals surface area contributed by atoms with Gasteiger partial charge in [-0.25, -0.2) is 4.39 Å². The van der Waals surface area contributed by atoms with Crippen LogP contribution in [0.2, 0.25) is 0 Å². The van der Waals surface area contributed by atoms with Crippen molar-refractivity contribution in [3.63, 3.8) is 0 Å². The molecule has 0 saturated heterocycles. The molecule has 0 aliphatic heterocycles. The zero-order valence-corrected chi connectivity index (χ0v) is 9.92. The largest absolute Gasteiger partial charge is 0.497 e. The third kappa shape index (κ3) is 3.18. The molecule has 4 heteroatoms. The van der Waals surface area contributed by atoms with Crippen LogP contribution in [0.15, 0.2) is 18.2 Å². The van der Waals surface area contributed by atoms with Crippen molar-refractivity contribution in [2.45, 2.75) is 12.5 Å². The van der Waals surface area contributed by atoms with Gasteiger partial charge in [-0.1, -0.05) is 6.07 Å². The minimum atomic E-state index is -0.255. The third-order valence-electron chi connectivity index (χ3n) is 2.54. The van der Waals surface area contributed by atoms with E-state index in [0.717, 1.165) is 6.42 Å². The number of rotatable bonds is 6. The summed E-state index contributed by atoms with van der Waals surface area (Å²) in [7, 11) is 4.97. The topological polar surface area (TPSA) is 30.5 Å². The van der Waals surface area contributed by atoms with E-state index >= 15 is 0 Å². The Balaban J connectivity index is 2.83. The summed E-state index contributed by atoms with van der Waals surface area (Å²) in [4.78, 5) is 0. The fourth-order valence-electron chi connectivity index (χ4n) is 1.61. The van der Waals surface area contributed by atoms with Gasteiger partial charge in [-0.05, 0) is 19.5 Å². The molecule has 3 nitrogen and oxygen atoms in total. The second-order valence-corrected chi connectivity index (χ2v) is 3.51. The van der Waals surface area contributed by atoms with E-state index in [-0.39, 0.29) is 11.9 Å². The Bertz CT molecular complexity index is 331. The van der Waals surface area contributed by atoms with Gasteiger partial charge in [0.05, 0.1) is 7.11 Å². The van der Waals surface area contributed by atoms with Gasteiger partial charge in [0.15, 0.2) is 0 Å². The van der Waals surface area contributed by atoms with Crippen LogP contribution in [-0.4, -0.2) is 27.9 Å². The molecule has 1 rings (SSSR count). The number of hydrogen-bond acceptors (Lipinski definition) is 3. The molecule has 1 atom stereocenters. The second-order valence-electron chi connectivity index (χ2n) is 3.51. The van der Waals surface area contributed by atoms with Crippen LogP contribution in [0, 0.1) is 5.82 Å². The lowest BCUT2D eigenvalue weighted by molar-refractivity contribution is 0.183. The van der Waals surface area contributed by atoms with Crippen LogP contribution < -0.4 is 10.1 Å². The smallest absolute Gasteiger partial charge is 0.131 e. The van der Waals surface area contributed by atoms with Crippen LogP contribution in [-0.2, 0) is 4.74 Å². The van der Waals surface area contributed by atoms with E-state index in [1.165, 1.54) is 13.2 Å². The summed E-state index contributed by atoms with van der Waals surface area (Å²) < 4.78 is 23.7. The Hall–Kier alpha value is -1.13. The van der Waals surface area contributed by atoms with Gasteiger partial charge in [0.25, 0.3) is 0 Å². The molecule has 1 unspecified atom stereocenters. The fourth-order valence-corrected chi connectivity index (χ4v) is 1.61. The average molecular weight is 227 g/mol. The molecule has 1 aromatic rings. The Morgan fingerprint density at radius 1 is 1.38 bits per heavy atom. The summed E-state index contributed by atoms with van der Waals surface area (Å²) in [5.74, 6) is 0.276. The van der Waals surface area contributed by atoms with Gasteiger partial charge in [-0.3, -0.25) is 0 Å². The van der Waals surface area contributed by atoms with E-state index in [0.29, 0.717) is 17.9 Å². The zero-order valence-electron chi connectivity index (χ0n) is 9.92. The predicted molar refractivity (Wildman–Crippen MR) is 61.2 cm³/mol. The van der Waals surface area contributed by atoms with E-state index < -0.39 is 0 Å². The summed E-state index contributed by atoms with van der Waals surface area (Å²) in [6.07, 6.45) is 0.732. The molecule has 16 heavy (non-hydrogen) atoms. The summed E-state index contributed by atoms with van der Waals surface area (Å²) in [5.41, 5.74) is 0.639. The molecule has 1 aromatic carbocycles. The van der Waals surface area contributed by atoms with Gasteiger partial charge in [0.2, 0.25) is 0 Å². The molecule has 0 aromatic heterocycles. The third-order valence-corrected chi connectivity index (χ3v) is 2.54. The van der Waals surface area contributed by atoms with Gasteiger partial charge >= 0.3 is 0 Å². The molecule has 0 heterocycles. The average Bonchev–Trinajstić information content (AvgIpc) is 2.31. The van der Waals surface area contributed by atoms with Crippen LogP contribution in [0.25, 0.3) is 0 Å². The molecule has 90 valence electrons. The van der Waals surface area contributed by atoms with Crippen LogP contribution >= 0.6 is 0 Å². The lowest BCUT2D eigenvalue weighted by atomic mass is 10.0. The minimum Gasteiger partial charge on any atom is -0.497 e. The Morgan fingerprint density at radius 3 is 2.62 bits per heavy atom. The molecular formula is C12H18FNO2. The van der Waals surface area contributed by atoms with Gasteiger partial charge < -0.3 is 14.8 Å². The fraction of sp³-hybridized carbons (Fsp3) is 0.500. The highest BCUT2D eigenvalue weighted by molar-refractivity contribution is 5.30. The molecule has 0 bridgehead atoms. The van der Waals surface area contributed by atoms with Crippen LogP contribution in [0.3, 0.4) is 0 Å². The normalized spacial score (nSPS) is 12.5. The van der Waals surface area contributed by atoms with Crippen LogP contribution in [0.1, 0.15) is 18.0 Å². The maximum absolute atomic E-state index is 13.7. The summed E-state index contributed by atoms with van der Waals surface area (Å²) in [6.45, 7) is 0.594. The van der Waals surface area contributed by atoms with Gasteiger partial charge in [0, 0.05) is 31.4 Å². The van der Waals surface area contributed by atoms with Crippen molar-refractivity contribution in [2.24, 2.45) is 0 Å². The predicted octanol–water partition coefficient (Wildman–Crippen LogP) is 2.13. The number of hydrogen-bond donors (Lipinski definition) is 1. The Morgan fingerprint density at radius 2 is 2.12 bits per heavy atom. The standard InChI is InChI=1S/C12H18FNO2/c1-14-12(6-7-15-2)10-5-4-9(16-3)8-11(10)13/h4-5,8,12,14H,6-7H2,1-3H3. The highest BCUT2D eigenvalue weighted by Gasteiger charge is 2.14. The van der Waals surface area contributed by atoms with Crippen molar-refractivity contribution in [3.8, 4) is 5.75 Å². The monoisotopic (exact) mass is 227 g/mol. The van der Waals surface area contributed by atoms with Crippen molar-refractivity contribution in [1.29, 1.82) is 0 Å². The highest BCUT2D eigenvalue weighted by Crippen LogP contribution is 2.23. The van der Waals surface area contributed by atoms with Crippen molar-refractivity contribution in [2.75, 3.05) is 27.9 Å². The maximum Gasteiger partial charge on any atom is 0.131 e. The van der Waals surface area contributed by atoms with Gasteiger partial charge in [-0.2, -0.15) is 0 Å². The van der Waals surface area contributed by atoms with Crippen molar-refractivity contribution in [1.82, 2.24) is 5.32 Å². The number of methoxy groups -OCH3 is 2. The Labute approximate surface area is 95.6 Å². The maximum atomic E-state index is 13.7. The summed E-state index contributed by atoms with van der Waals surface area (Å²) >= 11 is 0. The molecule has 0 amide bonds. The zero-order chi connectivity index (χ0) is 12.0. The SMILES string of the molecule is CNC(CCOC)c1ccc(OC)cc1F. The van der Waals surface area contributed by atoms with E-state index in [2.05, 4.69) is 5.32 Å². The summed E-state index contributed by atoms with van der Waals surface area (Å²) in [5, 5.41) is 3.07. The lowest BCUT2D eigenvalue weighted by Crippen LogP contribution is -2.19. The molecule has 0 fully saturated rings. The van der Waals surface area contributed by atoms with E-state index in [1.54, 1.807) is 19.2 Å². The van der Waals surface area contributed by atoms with Crippen molar-refractivity contribution >= 4 is 0 Å². The van der Waals surface area contributed by atoms with E-state index in [1.807, 2.05) is 7.05 Å². The Kier molecular flexibility index (Phi) is 5.22. The molecule has 0 aliphatic carbocycles. The minimum absolute atomic E-state index is 0.0362. The quantitative estimate of drug-likeness (QED) is 0.807. The number of halogens is 1. The highest BCUT2D eigenvalue weighted by atomic mass is 19.1. The first-order valence-corrected chi connectivity index (χ1v) is 5.22. The van der Waals surface area contributed by atoms with Crippen molar-refractivity contribution in [3.05, 3.63) is 29.6 Å². The van der Waals surface area contributed by atoms with Gasteiger partial charge in [0.1, 0.15) is 11.6 Å². The lowest BCUT2D eigenvalue weighted by Gasteiger charge is -2.17. The first-order valence-electron chi connectivity index (χ1n) is 5.22. The number of benzene rings is 1. The van der Waals surface area contributed by atoms with Crippen molar-refractivity contribution < 1.29 is 13.9 Å². The first-order chi connectivity index (χ1) is 7.72. The van der Waals surface area contributed by atoms with E-state index in [9.17, 15) is 4.39 Å².